The number of hydrogen-bond acceptors (Lipinski definition) is 3. The van der Waals surface area contributed by atoms with Crippen LogP contribution in [0.15, 0.2) is 0 Å². The molecule has 0 rings (SSSR count). The third-order valence-electron chi connectivity index (χ3n) is 0.515. The van der Waals surface area contributed by atoms with Crippen LogP contribution in [0.1, 0.15) is 20.8 Å². The van der Waals surface area contributed by atoms with E-state index < -0.39 is 6.09 Å². The summed E-state index contributed by atoms with van der Waals surface area (Å²) in [7, 11) is 1.24. The van der Waals surface area contributed by atoms with Gasteiger partial charge < -0.3 is 14.8 Å². The number of carbonyl (C=O) groups is 2. The van der Waals surface area contributed by atoms with E-state index in [2.05, 4.69) is 30.8 Å². The van der Waals surface area contributed by atoms with E-state index in [-0.39, 0.29) is 6.54 Å². The van der Waals surface area contributed by atoms with Crippen molar-refractivity contribution in [2.75, 3.05) is 13.7 Å². The number of ether oxygens (including phenoxy) is 1. The van der Waals surface area contributed by atoms with Crippen LogP contribution in [0.3, 0.4) is 0 Å². The lowest BCUT2D eigenvalue weighted by molar-refractivity contribution is -0.107. The SMILES string of the molecule is CC(C)C.COC(=O)NCC=O. The van der Waals surface area contributed by atoms with E-state index in [1.54, 1.807) is 0 Å². The molecule has 0 fully saturated rings. The molecule has 0 radical (unpaired) electrons. The second kappa shape index (κ2) is 9.94. The molecular weight excluding hydrogens is 158 g/mol. The molecule has 0 saturated carbocycles. The summed E-state index contributed by atoms with van der Waals surface area (Å²) in [5.41, 5.74) is 0. The summed E-state index contributed by atoms with van der Waals surface area (Å²) < 4.78 is 4.14. The average molecular weight is 175 g/mol. The molecule has 12 heavy (non-hydrogen) atoms. The Bertz CT molecular complexity index is 121. The molecule has 0 aliphatic heterocycles. The number of carbonyl (C=O) groups excluding carboxylic acids is 2. The molecule has 0 aromatic carbocycles. The molecule has 0 unspecified atom stereocenters. The van der Waals surface area contributed by atoms with Gasteiger partial charge in [0, 0.05) is 0 Å². The minimum Gasteiger partial charge on any atom is -0.453 e. The first kappa shape index (κ1) is 13.5. The molecule has 0 spiro atoms. The Labute approximate surface area is 73.3 Å². The van der Waals surface area contributed by atoms with Crippen molar-refractivity contribution in [2.45, 2.75) is 20.8 Å². The van der Waals surface area contributed by atoms with Crippen LogP contribution in [0.25, 0.3) is 0 Å². The summed E-state index contributed by atoms with van der Waals surface area (Å²) in [5, 5.41) is 2.15. The maximum absolute atomic E-state index is 10.1. The monoisotopic (exact) mass is 175 g/mol. The van der Waals surface area contributed by atoms with Crippen LogP contribution >= 0.6 is 0 Å². The van der Waals surface area contributed by atoms with Crippen LogP contribution in [0.5, 0.6) is 0 Å². The van der Waals surface area contributed by atoms with Crippen molar-refractivity contribution in [3.63, 3.8) is 0 Å². The van der Waals surface area contributed by atoms with E-state index in [0.717, 1.165) is 5.92 Å². The van der Waals surface area contributed by atoms with E-state index in [0.29, 0.717) is 6.29 Å². The van der Waals surface area contributed by atoms with Crippen LogP contribution in [-0.4, -0.2) is 26.0 Å². The Morgan fingerprint density at radius 2 is 1.92 bits per heavy atom. The molecule has 0 heterocycles. The van der Waals surface area contributed by atoms with Gasteiger partial charge in [-0.2, -0.15) is 0 Å². The predicted octanol–water partition coefficient (Wildman–Crippen LogP) is 1.20. The quantitative estimate of drug-likeness (QED) is 0.642. The van der Waals surface area contributed by atoms with E-state index in [9.17, 15) is 9.59 Å². The minimum absolute atomic E-state index is 0.00662. The fourth-order valence-corrected chi connectivity index (χ4v) is 0.197. The zero-order valence-electron chi connectivity index (χ0n) is 8.09. The topological polar surface area (TPSA) is 55.4 Å². The number of hydrogen-bond donors (Lipinski definition) is 1. The van der Waals surface area contributed by atoms with Crippen LogP contribution < -0.4 is 5.32 Å². The molecule has 72 valence electrons. The van der Waals surface area contributed by atoms with Crippen LogP contribution in [-0.2, 0) is 9.53 Å². The van der Waals surface area contributed by atoms with Crippen LogP contribution in [0.4, 0.5) is 4.79 Å². The fourth-order valence-electron chi connectivity index (χ4n) is 0.197. The van der Waals surface area contributed by atoms with Crippen molar-refractivity contribution in [3.8, 4) is 0 Å². The van der Waals surface area contributed by atoms with Gasteiger partial charge in [0.15, 0.2) is 0 Å². The van der Waals surface area contributed by atoms with Crippen molar-refractivity contribution in [3.05, 3.63) is 0 Å². The Kier molecular flexibility index (Phi) is 11.2. The summed E-state index contributed by atoms with van der Waals surface area (Å²) in [4.78, 5) is 19.6. The number of aldehydes is 1. The highest BCUT2D eigenvalue weighted by Crippen LogP contribution is 1.81. The van der Waals surface area contributed by atoms with Gasteiger partial charge in [-0.25, -0.2) is 4.79 Å². The van der Waals surface area contributed by atoms with Gasteiger partial charge in [-0.1, -0.05) is 20.8 Å². The van der Waals surface area contributed by atoms with Gasteiger partial charge in [-0.3, -0.25) is 0 Å². The molecule has 0 atom stereocenters. The standard InChI is InChI=1S/C4H7NO3.C4H10/c1-8-4(7)5-2-3-6;1-4(2)3/h3H,2H2,1H3,(H,5,7);4H,1-3H3. The lowest BCUT2D eigenvalue weighted by atomic mass is 10.3. The van der Waals surface area contributed by atoms with Crippen LogP contribution in [0, 0.1) is 5.92 Å². The second-order valence-corrected chi connectivity index (χ2v) is 2.77. The fraction of sp³-hybridized carbons (Fsp3) is 0.750. The molecular formula is C8H17NO3. The van der Waals surface area contributed by atoms with E-state index in [1.807, 2.05) is 0 Å². The van der Waals surface area contributed by atoms with Crippen LogP contribution in [0.2, 0.25) is 0 Å². The van der Waals surface area contributed by atoms with Crippen molar-refractivity contribution in [2.24, 2.45) is 5.92 Å². The van der Waals surface area contributed by atoms with Gasteiger partial charge in [0.2, 0.25) is 0 Å². The van der Waals surface area contributed by atoms with E-state index >= 15 is 0 Å². The largest absolute Gasteiger partial charge is 0.453 e. The van der Waals surface area contributed by atoms with Gasteiger partial charge in [-0.15, -0.1) is 0 Å². The normalized spacial score (nSPS) is 8.08. The Morgan fingerprint density at radius 3 is 2.17 bits per heavy atom. The second-order valence-electron chi connectivity index (χ2n) is 2.77. The number of alkyl carbamates (subject to hydrolysis) is 1. The summed E-state index contributed by atoms with van der Waals surface area (Å²) in [6.07, 6.45) is -0.00574. The smallest absolute Gasteiger partial charge is 0.407 e. The first-order chi connectivity index (χ1) is 5.54. The Morgan fingerprint density at radius 1 is 1.50 bits per heavy atom. The number of rotatable bonds is 2. The van der Waals surface area contributed by atoms with Gasteiger partial charge >= 0.3 is 6.09 Å². The highest BCUT2D eigenvalue weighted by Gasteiger charge is 1.92. The third-order valence-corrected chi connectivity index (χ3v) is 0.515. The summed E-state index contributed by atoms with van der Waals surface area (Å²) in [5.74, 6) is 0.833. The maximum Gasteiger partial charge on any atom is 0.407 e. The lowest BCUT2D eigenvalue weighted by Crippen LogP contribution is -2.24. The van der Waals surface area contributed by atoms with Gasteiger partial charge in [0.25, 0.3) is 0 Å². The molecule has 0 aliphatic rings. The first-order valence-electron chi connectivity index (χ1n) is 3.80. The molecule has 4 heteroatoms. The zero-order chi connectivity index (χ0) is 9.98. The molecule has 1 amide bonds. The Balaban J connectivity index is 0. The van der Waals surface area contributed by atoms with Crippen molar-refractivity contribution in [1.82, 2.24) is 5.32 Å². The van der Waals surface area contributed by atoms with Crippen molar-refractivity contribution >= 4 is 12.4 Å². The summed E-state index contributed by atoms with van der Waals surface area (Å²) in [6.45, 7) is 6.51. The molecule has 0 bridgehead atoms. The first-order valence-corrected chi connectivity index (χ1v) is 3.80. The maximum atomic E-state index is 10.1. The molecule has 4 nitrogen and oxygen atoms in total. The molecule has 0 aliphatic carbocycles. The van der Waals surface area contributed by atoms with Gasteiger partial charge in [-0.05, 0) is 5.92 Å². The zero-order valence-corrected chi connectivity index (χ0v) is 8.09. The molecule has 0 saturated heterocycles. The molecule has 1 N–H and O–H groups in total. The third kappa shape index (κ3) is 23.1. The summed E-state index contributed by atoms with van der Waals surface area (Å²) in [6, 6.07) is 0. The molecule has 0 aromatic rings. The van der Waals surface area contributed by atoms with E-state index in [4.69, 9.17) is 0 Å². The average Bonchev–Trinajstić information content (AvgIpc) is 1.99. The number of methoxy groups -OCH3 is 1. The highest BCUT2D eigenvalue weighted by molar-refractivity contribution is 5.70. The summed E-state index contributed by atoms with van der Waals surface area (Å²) >= 11 is 0. The van der Waals surface area contributed by atoms with Gasteiger partial charge in [0.1, 0.15) is 6.29 Å². The molecule has 0 aromatic heterocycles. The number of nitrogens with one attached hydrogen (secondary N) is 1. The predicted molar refractivity (Wildman–Crippen MR) is 47.0 cm³/mol. The highest BCUT2D eigenvalue weighted by atomic mass is 16.5. The van der Waals surface area contributed by atoms with Gasteiger partial charge in [0.05, 0.1) is 13.7 Å². The van der Waals surface area contributed by atoms with Crippen molar-refractivity contribution in [1.29, 1.82) is 0 Å². The number of amides is 1. The minimum atomic E-state index is -0.586. The lowest BCUT2D eigenvalue weighted by Gasteiger charge is -1.94. The van der Waals surface area contributed by atoms with E-state index in [1.165, 1.54) is 7.11 Å². The van der Waals surface area contributed by atoms with Crippen molar-refractivity contribution < 1.29 is 14.3 Å². The Hall–Kier alpha value is -1.06.